The van der Waals surface area contributed by atoms with Crippen LogP contribution in [0.2, 0.25) is 0 Å². The monoisotopic (exact) mass is 272 g/mol. The summed E-state index contributed by atoms with van der Waals surface area (Å²) in [5.74, 6) is 0.0289. The molecule has 104 valence electrons. The molecule has 0 atom stereocenters. The highest BCUT2D eigenvalue weighted by molar-refractivity contribution is 5.97. The van der Waals surface area contributed by atoms with Crippen molar-refractivity contribution in [2.24, 2.45) is 0 Å². The summed E-state index contributed by atoms with van der Waals surface area (Å²) in [5.41, 5.74) is 7.40. The average Bonchev–Trinajstić information content (AvgIpc) is 2.46. The molecular weight excluding hydrogens is 256 g/mol. The van der Waals surface area contributed by atoms with Crippen LogP contribution in [0.4, 0.5) is 5.69 Å². The Morgan fingerprint density at radius 3 is 2.75 bits per heavy atom. The Bertz CT molecular complexity index is 626. The normalized spacial score (nSPS) is 10.1. The van der Waals surface area contributed by atoms with Crippen molar-refractivity contribution in [3.8, 4) is 11.5 Å². The summed E-state index contributed by atoms with van der Waals surface area (Å²) < 4.78 is 5.03. The Morgan fingerprint density at radius 1 is 1.30 bits per heavy atom. The van der Waals surface area contributed by atoms with Gasteiger partial charge in [-0.2, -0.15) is 0 Å². The Kier molecular flexibility index (Phi) is 4.10. The SMILES string of the molecule is COc1ccc(O)c(C(=O)NCc2ccccc2N)c1. The van der Waals surface area contributed by atoms with E-state index in [0.29, 0.717) is 18.0 Å². The first-order valence-electron chi connectivity index (χ1n) is 6.10. The Morgan fingerprint density at radius 2 is 2.05 bits per heavy atom. The maximum Gasteiger partial charge on any atom is 0.255 e. The molecule has 5 nitrogen and oxygen atoms in total. The third kappa shape index (κ3) is 3.00. The van der Waals surface area contributed by atoms with Crippen LogP contribution in [0.3, 0.4) is 0 Å². The molecule has 20 heavy (non-hydrogen) atoms. The van der Waals surface area contributed by atoms with Gasteiger partial charge >= 0.3 is 0 Å². The minimum Gasteiger partial charge on any atom is -0.507 e. The van der Waals surface area contributed by atoms with Gasteiger partial charge in [-0.25, -0.2) is 0 Å². The van der Waals surface area contributed by atoms with E-state index in [-0.39, 0.29) is 17.2 Å². The maximum absolute atomic E-state index is 12.1. The van der Waals surface area contributed by atoms with Crippen molar-refractivity contribution in [3.05, 3.63) is 53.6 Å². The van der Waals surface area contributed by atoms with Crippen molar-refractivity contribution >= 4 is 11.6 Å². The molecule has 4 N–H and O–H groups in total. The summed E-state index contributed by atoms with van der Waals surface area (Å²) in [5, 5.41) is 12.4. The summed E-state index contributed by atoms with van der Waals surface area (Å²) in [6.07, 6.45) is 0. The molecule has 0 aliphatic carbocycles. The van der Waals surface area contributed by atoms with Crippen molar-refractivity contribution in [1.82, 2.24) is 5.32 Å². The molecule has 1 amide bonds. The maximum atomic E-state index is 12.1. The van der Waals surface area contributed by atoms with E-state index in [1.54, 1.807) is 12.1 Å². The van der Waals surface area contributed by atoms with Gasteiger partial charge in [0.25, 0.3) is 5.91 Å². The highest BCUT2D eigenvalue weighted by Crippen LogP contribution is 2.22. The van der Waals surface area contributed by atoms with Crippen molar-refractivity contribution in [3.63, 3.8) is 0 Å². The van der Waals surface area contributed by atoms with Crippen molar-refractivity contribution in [1.29, 1.82) is 0 Å². The lowest BCUT2D eigenvalue weighted by Crippen LogP contribution is -2.23. The summed E-state index contributed by atoms with van der Waals surface area (Å²) in [4.78, 5) is 12.1. The van der Waals surface area contributed by atoms with Crippen LogP contribution in [0.15, 0.2) is 42.5 Å². The van der Waals surface area contributed by atoms with Gasteiger partial charge in [0.05, 0.1) is 12.7 Å². The summed E-state index contributed by atoms with van der Waals surface area (Å²) >= 11 is 0. The molecule has 2 aromatic carbocycles. The van der Waals surface area contributed by atoms with Crippen molar-refractivity contribution in [2.45, 2.75) is 6.54 Å². The molecule has 0 spiro atoms. The number of phenolic OH excluding ortho intramolecular Hbond substituents is 1. The number of para-hydroxylation sites is 1. The minimum absolute atomic E-state index is 0.0932. The van der Waals surface area contributed by atoms with E-state index in [1.165, 1.54) is 19.2 Å². The number of rotatable bonds is 4. The molecule has 0 aliphatic heterocycles. The number of benzene rings is 2. The molecule has 0 heterocycles. The Hall–Kier alpha value is -2.69. The first-order valence-corrected chi connectivity index (χ1v) is 6.10. The second-order valence-electron chi connectivity index (χ2n) is 4.26. The number of carbonyl (C=O) groups is 1. The van der Waals surface area contributed by atoms with Crippen molar-refractivity contribution < 1.29 is 14.6 Å². The highest BCUT2D eigenvalue weighted by atomic mass is 16.5. The van der Waals surface area contributed by atoms with Crippen LogP contribution in [0, 0.1) is 0 Å². The predicted molar refractivity (Wildman–Crippen MR) is 76.7 cm³/mol. The lowest BCUT2D eigenvalue weighted by molar-refractivity contribution is 0.0948. The molecule has 0 unspecified atom stereocenters. The van der Waals surface area contributed by atoms with Crippen LogP contribution in [-0.2, 0) is 6.54 Å². The molecule has 5 heteroatoms. The molecule has 0 radical (unpaired) electrons. The van der Waals surface area contributed by atoms with E-state index in [0.717, 1.165) is 5.56 Å². The zero-order chi connectivity index (χ0) is 14.5. The smallest absolute Gasteiger partial charge is 0.255 e. The van der Waals surface area contributed by atoms with Crippen LogP contribution in [0.1, 0.15) is 15.9 Å². The first-order chi connectivity index (χ1) is 9.61. The van der Waals surface area contributed by atoms with Crippen molar-refractivity contribution in [2.75, 3.05) is 12.8 Å². The molecular formula is C15H16N2O3. The number of nitrogen functional groups attached to an aromatic ring is 1. The van der Waals surface area contributed by atoms with Gasteiger partial charge in [0.15, 0.2) is 0 Å². The number of aromatic hydroxyl groups is 1. The number of amides is 1. The topological polar surface area (TPSA) is 84.6 Å². The number of carbonyl (C=O) groups excluding carboxylic acids is 1. The quantitative estimate of drug-likeness (QED) is 0.742. The zero-order valence-corrected chi connectivity index (χ0v) is 11.1. The third-order valence-electron chi connectivity index (χ3n) is 2.94. The number of ether oxygens (including phenoxy) is 1. The molecule has 0 aromatic heterocycles. The van der Waals surface area contributed by atoms with Gasteiger partial charge < -0.3 is 20.9 Å². The number of nitrogens with two attached hydrogens (primary N) is 1. The van der Waals surface area contributed by atoms with Crippen LogP contribution in [0.5, 0.6) is 11.5 Å². The molecule has 0 saturated carbocycles. The number of methoxy groups -OCH3 is 1. The number of hydrogen-bond acceptors (Lipinski definition) is 4. The van der Waals surface area contributed by atoms with E-state index < -0.39 is 0 Å². The van der Waals surface area contributed by atoms with Crippen LogP contribution in [-0.4, -0.2) is 18.1 Å². The van der Waals surface area contributed by atoms with Gasteiger partial charge in [-0.05, 0) is 29.8 Å². The predicted octanol–water partition coefficient (Wildman–Crippen LogP) is 1.91. The summed E-state index contributed by atoms with van der Waals surface area (Å²) in [6, 6.07) is 11.8. The molecule has 2 aromatic rings. The van der Waals surface area contributed by atoms with E-state index in [1.807, 2.05) is 18.2 Å². The van der Waals surface area contributed by atoms with Gasteiger partial charge in [-0.15, -0.1) is 0 Å². The van der Waals surface area contributed by atoms with Gasteiger partial charge in [-0.3, -0.25) is 4.79 Å². The van der Waals surface area contributed by atoms with Crippen LogP contribution in [0.25, 0.3) is 0 Å². The van der Waals surface area contributed by atoms with E-state index in [2.05, 4.69) is 5.32 Å². The second-order valence-corrected chi connectivity index (χ2v) is 4.26. The number of hydrogen-bond donors (Lipinski definition) is 3. The highest BCUT2D eigenvalue weighted by Gasteiger charge is 2.12. The largest absolute Gasteiger partial charge is 0.507 e. The number of nitrogens with one attached hydrogen (secondary N) is 1. The molecule has 0 saturated heterocycles. The van der Waals surface area contributed by atoms with Gasteiger partial charge in [0, 0.05) is 12.2 Å². The zero-order valence-electron chi connectivity index (χ0n) is 11.1. The fourth-order valence-electron chi connectivity index (χ4n) is 1.79. The van der Waals surface area contributed by atoms with Gasteiger partial charge in [0.2, 0.25) is 0 Å². The fraction of sp³-hybridized carbons (Fsp3) is 0.133. The first kappa shape index (κ1) is 13.7. The fourth-order valence-corrected chi connectivity index (χ4v) is 1.79. The third-order valence-corrected chi connectivity index (χ3v) is 2.94. The number of anilines is 1. The standard InChI is InChI=1S/C15H16N2O3/c1-20-11-6-7-14(18)12(8-11)15(19)17-9-10-4-2-3-5-13(10)16/h2-8,18H,9,16H2,1H3,(H,17,19). The van der Waals surface area contributed by atoms with E-state index in [4.69, 9.17) is 10.5 Å². The second kappa shape index (κ2) is 5.97. The Balaban J connectivity index is 2.11. The van der Waals surface area contributed by atoms with Gasteiger partial charge in [-0.1, -0.05) is 18.2 Å². The lowest BCUT2D eigenvalue weighted by atomic mass is 10.1. The molecule has 0 aliphatic rings. The Labute approximate surface area is 117 Å². The van der Waals surface area contributed by atoms with Gasteiger partial charge in [0.1, 0.15) is 11.5 Å². The molecule has 0 bridgehead atoms. The minimum atomic E-state index is -0.385. The van der Waals surface area contributed by atoms with E-state index >= 15 is 0 Å². The van der Waals surface area contributed by atoms with Crippen LogP contribution < -0.4 is 15.8 Å². The molecule has 0 fully saturated rings. The number of phenols is 1. The van der Waals surface area contributed by atoms with Crippen LogP contribution >= 0.6 is 0 Å². The summed E-state index contributed by atoms with van der Waals surface area (Å²) in [7, 11) is 1.50. The lowest BCUT2D eigenvalue weighted by Gasteiger charge is -2.09. The summed E-state index contributed by atoms with van der Waals surface area (Å²) in [6.45, 7) is 0.294. The van der Waals surface area contributed by atoms with E-state index in [9.17, 15) is 9.90 Å². The molecule has 2 rings (SSSR count). The average molecular weight is 272 g/mol.